The summed E-state index contributed by atoms with van der Waals surface area (Å²) < 4.78 is 1.45. The van der Waals surface area contributed by atoms with Crippen molar-refractivity contribution < 1.29 is 14.7 Å². The Morgan fingerprint density at radius 3 is 2.45 bits per heavy atom. The van der Waals surface area contributed by atoms with Crippen molar-refractivity contribution in [3.63, 3.8) is 0 Å². The monoisotopic (exact) mass is 468 g/mol. The van der Waals surface area contributed by atoms with E-state index in [0.717, 1.165) is 11.1 Å². The van der Waals surface area contributed by atoms with Gasteiger partial charge in [0.1, 0.15) is 5.69 Å². The zero-order valence-corrected chi connectivity index (χ0v) is 18.8. The van der Waals surface area contributed by atoms with E-state index in [1.54, 1.807) is 55.6 Å². The second-order valence-electron chi connectivity index (χ2n) is 7.59. The summed E-state index contributed by atoms with van der Waals surface area (Å²) in [4.78, 5) is 37.1. The molecule has 0 aliphatic rings. The van der Waals surface area contributed by atoms with Crippen molar-refractivity contribution in [3.8, 4) is 0 Å². The molecular formula is C24H25ClN4O4. The minimum Gasteiger partial charge on any atom is -0.481 e. The average molecular weight is 469 g/mol. The van der Waals surface area contributed by atoms with E-state index in [4.69, 9.17) is 17.3 Å². The predicted molar refractivity (Wildman–Crippen MR) is 127 cm³/mol. The lowest BCUT2D eigenvalue weighted by Gasteiger charge is -2.19. The van der Waals surface area contributed by atoms with Crippen LogP contribution in [0.5, 0.6) is 0 Å². The highest BCUT2D eigenvalue weighted by molar-refractivity contribution is 6.31. The van der Waals surface area contributed by atoms with Gasteiger partial charge in [-0.25, -0.2) is 4.79 Å². The van der Waals surface area contributed by atoms with E-state index in [9.17, 15) is 19.5 Å². The maximum Gasteiger partial charge on any atom is 0.319 e. The van der Waals surface area contributed by atoms with Crippen molar-refractivity contribution in [2.45, 2.75) is 32.5 Å². The third kappa shape index (κ3) is 6.21. The molecule has 0 bridgehead atoms. The second kappa shape index (κ2) is 10.8. The molecule has 0 spiro atoms. The molecule has 0 fully saturated rings. The van der Waals surface area contributed by atoms with Crippen molar-refractivity contribution in [1.29, 1.82) is 0 Å². The van der Waals surface area contributed by atoms with Crippen LogP contribution in [-0.4, -0.2) is 21.7 Å². The third-order valence-electron chi connectivity index (χ3n) is 5.21. The first-order chi connectivity index (χ1) is 15.8. The number of hydrogen-bond acceptors (Lipinski definition) is 4. The number of anilines is 1. The molecule has 0 aliphatic carbocycles. The Labute approximate surface area is 196 Å². The fraction of sp³-hybridized carbons (Fsp3) is 0.208. The molecule has 9 heteroatoms. The van der Waals surface area contributed by atoms with Crippen molar-refractivity contribution in [2.24, 2.45) is 5.73 Å². The number of carboxylic acid groups (broad SMARTS) is 1. The molecule has 1 atom stereocenters. The molecule has 1 heterocycles. The number of pyridine rings is 1. The first-order valence-corrected chi connectivity index (χ1v) is 10.7. The summed E-state index contributed by atoms with van der Waals surface area (Å²) in [6.45, 7) is 2.30. The number of aliphatic carboxylic acids is 1. The fourth-order valence-corrected chi connectivity index (χ4v) is 3.57. The highest BCUT2D eigenvalue weighted by Gasteiger charge is 2.20. The number of nitrogens with zero attached hydrogens (tertiary/aromatic N) is 1. The molecule has 1 unspecified atom stereocenters. The Balaban J connectivity index is 1.80. The number of hydrogen-bond donors (Lipinski definition) is 4. The van der Waals surface area contributed by atoms with Gasteiger partial charge in [-0.05, 0) is 41.3 Å². The molecule has 3 rings (SSSR count). The molecule has 5 N–H and O–H groups in total. The van der Waals surface area contributed by atoms with Gasteiger partial charge in [-0.1, -0.05) is 54.1 Å². The largest absolute Gasteiger partial charge is 0.481 e. The van der Waals surface area contributed by atoms with E-state index in [2.05, 4.69) is 10.6 Å². The number of nitrogens with two attached hydrogens (primary N) is 1. The molecule has 2 amide bonds. The topological polar surface area (TPSA) is 126 Å². The van der Waals surface area contributed by atoms with Crippen LogP contribution in [0.1, 0.15) is 34.7 Å². The number of carboxylic acids is 1. The standard InChI is InChI=1S/C24H25ClN4O4/c1-15-10-11-29(14-18-4-2-3-5-19(18)25)23(32)22(15)28-24(33)27-20(12-21(30)31)17-8-6-16(13-26)7-9-17/h2-11,20H,12-14,26H2,1H3,(H,30,31)(H2,27,28,33). The Hall–Kier alpha value is -3.62. The molecule has 0 radical (unpaired) electrons. The lowest BCUT2D eigenvalue weighted by molar-refractivity contribution is -0.137. The summed E-state index contributed by atoms with van der Waals surface area (Å²) in [5, 5.41) is 15.1. The number of carbonyl (C=O) groups is 2. The van der Waals surface area contributed by atoms with Crippen molar-refractivity contribution >= 4 is 29.3 Å². The van der Waals surface area contributed by atoms with Gasteiger partial charge < -0.3 is 26.0 Å². The Bertz CT molecular complexity index is 1210. The number of carbonyl (C=O) groups excluding carboxylic acids is 1. The van der Waals surface area contributed by atoms with E-state index < -0.39 is 23.6 Å². The number of rotatable bonds is 8. The van der Waals surface area contributed by atoms with Gasteiger partial charge in [0.2, 0.25) is 0 Å². The smallest absolute Gasteiger partial charge is 0.319 e. The van der Waals surface area contributed by atoms with Crippen LogP contribution in [0.15, 0.2) is 65.6 Å². The minimum absolute atomic E-state index is 0.106. The number of nitrogens with one attached hydrogen (secondary N) is 2. The van der Waals surface area contributed by atoms with Gasteiger partial charge in [0.05, 0.1) is 19.0 Å². The normalized spacial score (nSPS) is 11.6. The highest BCUT2D eigenvalue weighted by Crippen LogP contribution is 2.19. The van der Waals surface area contributed by atoms with Crippen LogP contribution < -0.4 is 21.9 Å². The summed E-state index contributed by atoms with van der Waals surface area (Å²) in [5.74, 6) is -1.07. The van der Waals surface area contributed by atoms with Crippen LogP contribution in [-0.2, 0) is 17.9 Å². The van der Waals surface area contributed by atoms with Crippen LogP contribution in [0.2, 0.25) is 5.02 Å². The summed E-state index contributed by atoms with van der Waals surface area (Å²) in [6, 6.07) is 14.4. The summed E-state index contributed by atoms with van der Waals surface area (Å²) in [7, 11) is 0. The van der Waals surface area contributed by atoms with Crippen molar-refractivity contribution in [2.75, 3.05) is 5.32 Å². The summed E-state index contributed by atoms with van der Waals surface area (Å²) in [6.07, 6.45) is 1.32. The molecular weight excluding hydrogens is 444 g/mol. The Morgan fingerprint density at radius 2 is 1.82 bits per heavy atom. The van der Waals surface area contributed by atoms with Gasteiger partial charge in [-0.2, -0.15) is 0 Å². The van der Waals surface area contributed by atoms with Crippen LogP contribution in [0, 0.1) is 6.92 Å². The lowest BCUT2D eigenvalue weighted by Crippen LogP contribution is -2.36. The first kappa shape index (κ1) is 24.0. The van der Waals surface area contributed by atoms with Gasteiger partial charge in [0, 0.05) is 17.8 Å². The van der Waals surface area contributed by atoms with E-state index in [1.165, 1.54) is 4.57 Å². The van der Waals surface area contributed by atoms with Crippen molar-refractivity contribution in [3.05, 3.63) is 98.4 Å². The number of benzene rings is 2. The van der Waals surface area contributed by atoms with E-state index in [1.807, 2.05) is 12.1 Å². The summed E-state index contributed by atoms with van der Waals surface area (Å²) >= 11 is 6.21. The fourth-order valence-electron chi connectivity index (χ4n) is 3.37. The number of amides is 2. The van der Waals surface area contributed by atoms with Gasteiger partial charge in [-0.3, -0.25) is 9.59 Å². The quantitative estimate of drug-likeness (QED) is 0.401. The van der Waals surface area contributed by atoms with Crippen LogP contribution in [0.25, 0.3) is 0 Å². The number of aryl methyl sites for hydroxylation is 1. The lowest BCUT2D eigenvalue weighted by atomic mass is 10.0. The van der Waals surface area contributed by atoms with Crippen LogP contribution >= 0.6 is 11.6 Å². The predicted octanol–water partition coefficient (Wildman–Crippen LogP) is 3.65. The number of halogens is 1. The first-order valence-electron chi connectivity index (χ1n) is 10.3. The van der Waals surface area contributed by atoms with Crippen molar-refractivity contribution in [1.82, 2.24) is 9.88 Å². The van der Waals surface area contributed by atoms with Gasteiger partial charge in [-0.15, -0.1) is 0 Å². The highest BCUT2D eigenvalue weighted by atomic mass is 35.5. The van der Waals surface area contributed by atoms with Gasteiger partial charge in [0.15, 0.2) is 0 Å². The number of urea groups is 1. The zero-order chi connectivity index (χ0) is 24.0. The summed E-state index contributed by atoms with van der Waals surface area (Å²) in [5.41, 5.74) is 8.16. The second-order valence-corrected chi connectivity index (χ2v) is 8.00. The molecule has 0 aliphatic heterocycles. The molecule has 0 saturated heterocycles. The van der Waals surface area contributed by atoms with Crippen LogP contribution in [0.3, 0.4) is 0 Å². The van der Waals surface area contributed by atoms with Gasteiger partial charge in [0.25, 0.3) is 5.56 Å². The molecule has 8 nitrogen and oxygen atoms in total. The van der Waals surface area contributed by atoms with Gasteiger partial charge >= 0.3 is 12.0 Å². The molecule has 1 aromatic heterocycles. The molecule has 172 valence electrons. The molecule has 33 heavy (non-hydrogen) atoms. The third-order valence-corrected chi connectivity index (χ3v) is 5.58. The Kier molecular flexibility index (Phi) is 7.87. The maximum atomic E-state index is 13.0. The number of aromatic nitrogens is 1. The van der Waals surface area contributed by atoms with E-state index >= 15 is 0 Å². The molecule has 2 aromatic carbocycles. The van der Waals surface area contributed by atoms with E-state index in [0.29, 0.717) is 22.7 Å². The molecule has 0 saturated carbocycles. The maximum absolute atomic E-state index is 13.0. The SMILES string of the molecule is Cc1ccn(Cc2ccccc2Cl)c(=O)c1NC(=O)NC(CC(=O)O)c1ccc(CN)cc1. The van der Waals surface area contributed by atoms with E-state index in [-0.39, 0.29) is 18.7 Å². The zero-order valence-electron chi connectivity index (χ0n) is 18.0. The Morgan fingerprint density at radius 1 is 1.12 bits per heavy atom. The average Bonchev–Trinajstić information content (AvgIpc) is 2.79. The van der Waals surface area contributed by atoms with Crippen LogP contribution in [0.4, 0.5) is 10.5 Å². The minimum atomic E-state index is -1.07. The molecule has 3 aromatic rings.